The Morgan fingerprint density at radius 2 is 2.20 bits per heavy atom. The summed E-state index contributed by atoms with van der Waals surface area (Å²) in [7, 11) is 4.04. The van der Waals surface area contributed by atoms with Crippen LogP contribution in [0.25, 0.3) is 0 Å². The Kier molecular flexibility index (Phi) is 4.84. The molecule has 1 heterocycles. The van der Waals surface area contributed by atoms with Gasteiger partial charge in [0.25, 0.3) is 0 Å². The number of nitrogens with one attached hydrogen (secondary N) is 2. The summed E-state index contributed by atoms with van der Waals surface area (Å²) in [6, 6.07) is 6.33. The van der Waals surface area contributed by atoms with E-state index in [2.05, 4.69) is 27.7 Å². The SMILES string of the molecule is CCNC(=O)NCC(c1ccc2c(c1)CCO2)N(C)C. The van der Waals surface area contributed by atoms with Gasteiger partial charge in [-0.1, -0.05) is 12.1 Å². The first kappa shape index (κ1) is 14.7. The number of hydrogen-bond acceptors (Lipinski definition) is 3. The van der Waals surface area contributed by atoms with E-state index in [4.69, 9.17) is 4.74 Å². The maximum Gasteiger partial charge on any atom is 0.314 e. The molecule has 1 unspecified atom stereocenters. The normalized spacial score (nSPS) is 14.6. The summed E-state index contributed by atoms with van der Waals surface area (Å²) in [6.07, 6.45) is 0.965. The van der Waals surface area contributed by atoms with Crippen LogP contribution in [0.4, 0.5) is 4.79 Å². The molecule has 5 nitrogen and oxygen atoms in total. The van der Waals surface area contributed by atoms with Crippen LogP contribution in [0.5, 0.6) is 5.75 Å². The van der Waals surface area contributed by atoms with Crippen LogP contribution in [0.3, 0.4) is 0 Å². The van der Waals surface area contributed by atoms with Crippen LogP contribution >= 0.6 is 0 Å². The Morgan fingerprint density at radius 1 is 1.40 bits per heavy atom. The molecule has 0 spiro atoms. The van der Waals surface area contributed by atoms with Gasteiger partial charge in [0.1, 0.15) is 5.75 Å². The van der Waals surface area contributed by atoms with Crippen molar-refractivity contribution < 1.29 is 9.53 Å². The number of urea groups is 1. The molecule has 0 saturated heterocycles. The highest BCUT2D eigenvalue weighted by Gasteiger charge is 2.19. The molecule has 2 N–H and O–H groups in total. The number of carbonyl (C=O) groups excluding carboxylic acids is 1. The number of hydrogen-bond donors (Lipinski definition) is 2. The highest BCUT2D eigenvalue weighted by molar-refractivity contribution is 5.73. The molecule has 0 aromatic heterocycles. The van der Waals surface area contributed by atoms with E-state index in [0.717, 1.165) is 18.8 Å². The predicted molar refractivity (Wildman–Crippen MR) is 79.1 cm³/mol. The molecule has 0 aliphatic carbocycles. The van der Waals surface area contributed by atoms with Gasteiger partial charge in [-0.15, -0.1) is 0 Å². The first-order valence-corrected chi connectivity index (χ1v) is 7.05. The standard InChI is InChI=1S/C15H23N3O2/c1-4-16-15(19)17-10-13(18(2)3)11-5-6-14-12(9-11)7-8-20-14/h5-6,9,13H,4,7-8,10H2,1-3H3,(H2,16,17,19). The number of rotatable bonds is 5. The zero-order chi connectivity index (χ0) is 14.5. The number of carbonyl (C=O) groups is 1. The maximum absolute atomic E-state index is 11.5. The number of nitrogens with zero attached hydrogens (tertiary/aromatic N) is 1. The average molecular weight is 277 g/mol. The number of fused-ring (bicyclic) bond motifs is 1. The zero-order valence-corrected chi connectivity index (χ0v) is 12.4. The van der Waals surface area contributed by atoms with Crippen LogP contribution < -0.4 is 15.4 Å². The summed E-state index contributed by atoms with van der Waals surface area (Å²) in [5.41, 5.74) is 2.46. The number of amides is 2. The second kappa shape index (κ2) is 6.61. The molecule has 1 aromatic rings. The fourth-order valence-corrected chi connectivity index (χ4v) is 2.42. The third-order valence-electron chi connectivity index (χ3n) is 3.51. The van der Waals surface area contributed by atoms with Crippen molar-refractivity contribution in [2.75, 3.05) is 33.8 Å². The third-order valence-corrected chi connectivity index (χ3v) is 3.51. The molecule has 1 aromatic carbocycles. The van der Waals surface area contributed by atoms with Crippen molar-refractivity contribution in [1.82, 2.24) is 15.5 Å². The van der Waals surface area contributed by atoms with Gasteiger partial charge in [0.15, 0.2) is 0 Å². The van der Waals surface area contributed by atoms with Crippen molar-refractivity contribution >= 4 is 6.03 Å². The lowest BCUT2D eigenvalue weighted by Gasteiger charge is -2.25. The molecule has 110 valence electrons. The Bertz CT molecular complexity index is 474. The predicted octanol–water partition coefficient (Wildman–Crippen LogP) is 1.54. The maximum atomic E-state index is 11.5. The van der Waals surface area contributed by atoms with Crippen LogP contribution in [0.1, 0.15) is 24.1 Å². The van der Waals surface area contributed by atoms with Gasteiger partial charge in [0, 0.05) is 19.5 Å². The summed E-state index contributed by atoms with van der Waals surface area (Å²) in [4.78, 5) is 13.6. The minimum absolute atomic E-state index is 0.121. The molecule has 5 heteroatoms. The Balaban J connectivity index is 2.06. The lowest BCUT2D eigenvalue weighted by atomic mass is 10.0. The van der Waals surface area contributed by atoms with Crippen molar-refractivity contribution in [3.63, 3.8) is 0 Å². The second-order valence-corrected chi connectivity index (χ2v) is 5.19. The third kappa shape index (κ3) is 3.42. The molecule has 2 amide bonds. The van der Waals surface area contributed by atoms with Crippen molar-refractivity contribution in [3.05, 3.63) is 29.3 Å². The molecular weight excluding hydrogens is 254 g/mol. The quantitative estimate of drug-likeness (QED) is 0.858. The zero-order valence-electron chi connectivity index (χ0n) is 12.4. The van der Waals surface area contributed by atoms with Gasteiger partial charge >= 0.3 is 6.03 Å². The summed E-state index contributed by atoms with van der Waals surface area (Å²) in [6.45, 7) is 3.89. The molecule has 0 bridgehead atoms. The monoisotopic (exact) mass is 277 g/mol. The average Bonchev–Trinajstić information content (AvgIpc) is 2.86. The molecule has 0 saturated carbocycles. The molecule has 1 aliphatic heterocycles. The summed E-state index contributed by atoms with van der Waals surface area (Å²) < 4.78 is 5.53. The molecule has 0 fully saturated rings. The highest BCUT2D eigenvalue weighted by Crippen LogP contribution is 2.29. The second-order valence-electron chi connectivity index (χ2n) is 5.19. The largest absolute Gasteiger partial charge is 0.493 e. The number of benzene rings is 1. The van der Waals surface area contributed by atoms with Crippen molar-refractivity contribution in [2.45, 2.75) is 19.4 Å². The van der Waals surface area contributed by atoms with Gasteiger partial charge in [0.2, 0.25) is 0 Å². The topological polar surface area (TPSA) is 53.6 Å². The van der Waals surface area contributed by atoms with E-state index < -0.39 is 0 Å². The van der Waals surface area contributed by atoms with Crippen LogP contribution in [-0.2, 0) is 6.42 Å². The van der Waals surface area contributed by atoms with Crippen LogP contribution in [0.15, 0.2) is 18.2 Å². The van der Waals surface area contributed by atoms with E-state index in [9.17, 15) is 4.79 Å². The summed E-state index contributed by atoms with van der Waals surface area (Å²) >= 11 is 0. The van der Waals surface area contributed by atoms with Crippen LogP contribution in [0.2, 0.25) is 0 Å². The first-order chi connectivity index (χ1) is 9.61. The van der Waals surface area contributed by atoms with E-state index in [1.54, 1.807) is 0 Å². The molecule has 1 aliphatic rings. The van der Waals surface area contributed by atoms with Gasteiger partial charge in [-0.2, -0.15) is 0 Å². The van der Waals surface area contributed by atoms with Gasteiger partial charge in [-0.25, -0.2) is 4.79 Å². The molecule has 2 rings (SSSR count). The van der Waals surface area contributed by atoms with Gasteiger partial charge < -0.3 is 20.3 Å². The highest BCUT2D eigenvalue weighted by atomic mass is 16.5. The smallest absolute Gasteiger partial charge is 0.314 e. The van der Waals surface area contributed by atoms with Gasteiger partial charge in [-0.05, 0) is 38.2 Å². The van der Waals surface area contributed by atoms with Crippen molar-refractivity contribution in [3.8, 4) is 5.75 Å². The molecular formula is C15H23N3O2. The van der Waals surface area contributed by atoms with E-state index in [1.807, 2.05) is 27.1 Å². The minimum atomic E-state index is -0.121. The van der Waals surface area contributed by atoms with E-state index in [1.165, 1.54) is 11.1 Å². The van der Waals surface area contributed by atoms with Crippen molar-refractivity contribution in [1.29, 1.82) is 0 Å². The van der Waals surface area contributed by atoms with E-state index >= 15 is 0 Å². The lowest BCUT2D eigenvalue weighted by molar-refractivity contribution is 0.233. The summed E-state index contributed by atoms with van der Waals surface area (Å²) in [5, 5.41) is 5.65. The molecule has 20 heavy (non-hydrogen) atoms. The first-order valence-electron chi connectivity index (χ1n) is 7.05. The number of ether oxygens (including phenoxy) is 1. The summed E-state index contributed by atoms with van der Waals surface area (Å²) in [5.74, 6) is 0.989. The Morgan fingerprint density at radius 3 is 2.90 bits per heavy atom. The van der Waals surface area contributed by atoms with E-state index in [-0.39, 0.29) is 12.1 Å². The van der Waals surface area contributed by atoms with Crippen LogP contribution in [-0.4, -0.2) is 44.7 Å². The molecule has 0 radical (unpaired) electrons. The van der Waals surface area contributed by atoms with E-state index in [0.29, 0.717) is 13.1 Å². The fraction of sp³-hybridized carbons (Fsp3) is 0.533. The lowest BCUT2D eigenvalue weighted by Crippen LogP contribution is -2.40. The minimum Gasteiger partial charge on any atom is -0.493 e. The Hall–Kier alpha value is -1.75. The fourth-order valence-electron chi connectivity index (χ4n) is 2.42. The molecule has 1 atom stereocenters. The van der Waals surface area contributed by atoms with Gasteiger partial charge in [-0.3, -0.25) is 0 Å². The number of likely N-dealkylation sites (N-methyl/N-ethyl adjacent to an activating group) is 1. The van der Waals surface area contributed by atoms with Gasteiger partial charge in [0.05, 0.1) is 12.6 Å². The van der Waals surface area contributed by atoms with Crippen LogP contribution in [0, 0.1) is 0 Å². The Labute approximate surface area is 120 Å². The van der Waals surface area contributed by atoms with Crippen molar-refractivity contribution in [2.24, 2.45) is 0 Å².